The van der Waals surface area contributed by atoms with Gasteiger partial charge in [-0.3, -0.25) is 5.32 Å². The van der Waals surface area contributed by atoms with E-state index in [-0.39, 0.29) is 6.17 Å². The zero-order chi connectivity index (χ0) is 12.4. The second kappa shape index (κ2) is 5.12. The average Bonchev–Trinajstić information content (AvgIpc) is 3.02. The first-order chi connectivity index (χ1) is 8.84. The Morgan fingerprint density at radius 3 is 2.89 bits per heavy atom. The fourth-order valence-electron chi connectivity index (χ4n) is 2.11. The lowest BCUT2D eigenvalue weighted by Crippen LogP contribution is -2.21. The summed E-state index contributed by atoms with van der Waals surface area (Å²) < 4.78 is 8.61. The van der Waals surface area contributed by atoms with Crippen molar-refractivity contribution in [2.24, 2.45) is 0 Å². The van der Waals surface area contributed by atoms with Crippen LogP contribution >= 0.6 is 15.9 Å². The number of para-hydroxylation sites is 1. The normalized spacial score (nSPS) is 19.1. The number of rotatable bonds is 3. The summed E-state index contributed by atoms with van der Waals surface area (Å²) in [7, 11) is 0. The van der Waals surface area contributed by atoms with Crippen LogP contribution in [0.5, 0.6) is 11.5 Å². The predicted octanol–water partition coefficient (Wildman–Crippen LogP) is 3.32. The van der Waals surface area contributed by atoms with Gasteiger partial charge >= 0.3 is 0 Å². The summed E-state index contributed by atoms with van der Waals surface area (Å²) >= 11 is 3.55. The zero-order valence-electron chi connectivity index (χ0n) is 9.84. The van der Waals surface area contributed by atoms with Crippen molar-refractivity contribution in [3.05, 3.63) is 41.1 Å². The lowest BCUT2D eigenvalue weighted by atomic mass is 10.3. The highest BCUT2D eigenvalue weighted by Gasteiger charge is 2.21. The maximum Gasteiger partial charge on any atom is 0.179 e. The van der Waals surface area contributed by atoms with Crippen molar-refractivity contribution in [1.82, 2.24) is 15.1 Å². The quantitative estimate of drug-likeness (QED) is 0.945. The van der Waals surface area contributed by atoms with E-state index in [4.69, 9.17) is 4.74 Å². The number of ether oxygens (including phenoxy) is 1. The summed E-state index contributed by atoms with van der Waals surface area (Å²) in [6.45, 7) is 1.05. The summed E-state index contributed by atoms with van der Waals surface area (Å²) in [5.74, 6) is 1.56. The molecule has 0 amide bonds. The molecule has 1 aromatic heterocycles. The third kappa shape index (κ3) is 2.28. The number of nitrogens with zero attached hydrogens (tertiary/aromatic N) is 2. The van der Waals surface area contributed by atoms with Crippen LogP contribution in [-0.4, -0.2) is 16.3 Å². The molecule has 1 atom stereocenters. The van der Waals surface area contributed by atoms with Gasteiger partial charge in [-0.05, 0) is 47.4 Å². The van der Waals surface area contributed by atoms with Gasteiger partial charge < -0.3 is 4.74 Å². The van der Waals surface area contributed by atoms with Gasteiger partial charge in [-0.25, -0.2) is 4.68 Å². The van der Waals surface area contributed by atoms with Crippen molar-refractivity contribution < 1.29 is 4.74 Å². The van der Waals surface area contributed by atoms with Crippen LogP contribution in [0.25, 0.3) is 0 Å². The second-order valence-corrected chi connectivity index (χ2v) is 5.02. The number of aromatic nitrogens is 2. The minimum Gasteiger partial charge on any atom is -0.453 e. The Bertz CT molecular complexity index is 520. The molecule has 1 saturated heterocycles. The van der Waals surface area contributed by atoms with Gasteiger partial charge in [0.15, 0.2) is 5.75 Å². The molecule has 0 aliphatic carbocycles. The van der Waals surface area contributed by atoms with Crippen LogP contribution in [0.15, 0.2) is 41.1 Å². The summed E-state index contributed by atoms with van der Waals surface area (Å²) in [5, 5.41) is 7.78. The van der Waals surface area contributed by atoms with Crippen molar-refractivity contribution in [3.8, 4) is 11.5 Å². The number of benzene rings is 1. The van der Waals surface area contributed by atoms with Crippen molar-refractivity contribution >= 4 is 15.9 Å². The second-order valence-electron chi connectivity index (χ2n) is 4.27. The molecular weight excluding hydrogens is 294 g/mol. The smallest absolute Gasteiger partial charge is 0.179 e. The van der Waals surface area contributed by atoms with Crippen molar-refractivity contribution in [3.63, 3.8) is 0 Å². The van der Waals surface area contributed by atoms with Gasteiger partial charge in [0.25, 0.3) is 0 Å². The van der Waals surface area contributed by atoms with Crippen LogP contribution in [0.4, 0.5) is 0 Å². The molecule has 4 nitrogen and oxygen atoms in total. The van der Waals surface area contributed by atoms with Gasteiger partial charge in [0.05, 0.1) is 6.20 Å². The minimum absolute atomic E-state index is 0.271. The lowest BCUT2D eigenvalue weighted by molar-refractivity contribution is 0.411. The van der Waals surface area contributed by atoms with E-state index in [0.717, 1.165) is 29.1 Å². The first-order valence-corrected chi connectivity index (χ1v) is 6.83. The third-order valence-corrected chi connectivity index (χ3v) is 3.76. The molecule has 0 spiro atoms. The number of hydrogen-bond acceptors (Lipinski definition) is 3. The van der Waals surface area contributed by atoms with E-state index in [1.165, 1.54) is 6.42 Å². The SMILES string of the molecule is Brc1c(Oc2ccccc2)cnn1C1CCCN1. The molecule has 1 aliphatic heterocycles. The highest BCUT2D eigenvalue weighted by atomic mass is 79.9. The van der Waals surface area contributed by atoms with Crippen LogP contribution in [0.2, 0.25) is 0 Å². The van der Waals surface area contributed by atoms with E-state index in [1.54, 1.807) is 6.20 Å². The molecule has 1 N–H and O–H groups in total. The van der Waals surface area contributed by atoms with Gasteiger partial charge in [-0.15, -0.1) is 0 Å². The van der Waals surface area contributed by atoms with Crippen LogP contribution in [0.1, 0.15) is 19.0 Å². The van der Waals surface area contributed by atoms with Gasteiger partial charge in [-0.2, -0.15) is 5.10 Å². The van der Waals surface area contributed by atoms with Gasteiger partial charge in [0, 0.05) is 0 Å². The first kappa shape index (κ1) is 11.7. The van der Waals surface area contributed by atoms with Crippen LogP contribution in [0.3, 0.4) is 0 Å². The van der Waals surface area contributed by atoms with Gasteiger partial charge in [-0.1, -0.05) is 18.2 Å². The standard InChI is InChI=1S/C13H14BrN3O/c14-13-11(18-10-5-2-1-3-6-10)9-16-17(13)12-7-4-8-15-12/h1-3,5-6,9,12,15H,4,7-8H2. The molecule has 5 heteroatoms. The van der Waals surface area contributed by atoms with Gasteiger partial charge in [0.2, 0.25) is 0 Å². The molecule has 2 heterocycles. The summed E-state index contributed by atoms with van der Waals surface area (Å²) in [4.78, 5) is 0. The molecule has 1 aliphatic rings. The van der Waals surface area contributed by atoms with Gasteiger partial charge in [0.1, 0.15) is 16.5 Å². The topological polar surface area (TPSA) is 39.1 Å². The maximum atomic E-state index is 5.79. The van der Waals surface area contributed by atoms with Crippen molar-refractivity contribution in [1.29, 1.82) is 0 Å². The van der Waals surface area contributed by atoms with Crippen LogP contribution in [-0.2, 0) is 0 Å². The highest BCUT2D eigenvalue weighted by molar-refractivity contribution is 9.10. The summed E-state index contributed by atoms with van der Waals surface area (Å²) in [6, 6.07) is 9.72. The molecule has 0 saturated carbocycles. The summed E-state index contributed by atoms with van der Waals surface area (Å²) in [5.41, 5.74) is 0. The molecule has 1 unspecified atom stereocenters. The average molecular weight is 308 g/mol. The van der Waals surface area contributed by atoms with Crippen LogP contribution in [0, 0.1) is 0 Å². The largest absolute Gasteiger partial charge is 0.453 e. The van der Waals surface area contributed by atoms with E-state index >= 15 is 0 Å². The molecule has 0 bridgehead atoms. The molecular formula is C13H14BrN3O. The van der Waals surface area contributed by atoms with E-state index in [0.29, 0.717) is 0 Å². The molecule has 0 radical (unpaired) electrons. The molecule has 1 fully saturated rings. The Labute approximate surface area is 114 Å². The highest BCUT2D eigenvalue weighted by Crippen LogP contribution is 2.32. The Morgan fingerprint density at radius 2 is 2.17 bits per heavy atom. The number of hydrogen-bond donors (Lipinski definition) is 1. The minimum atomic E-state index is 0.271. The Hall–Kier alpha value is -1.33. The van der Waals surface area contributed by atoms with Crippen molar-refractivity contribution in [2.45, 2.75) is 19.0 Å². The molecule has 18 heavy (non-hydrogen) atoms. The van der Waals surface area contributed by atoms with E-state index in [9.17, 15) is 0 Å². The Kier molecular flexibility index (Phi) is 3.34. The monoisotopic (exact) mass is 307 g/mol. The summed E-state index contributed by atoms with van der Waals surface area (Å²) in [6.07, 6.45) is 4.31. The maximum absolute atomic E-state index is 5.79. The van der Waals surface area contributed by atoms with E-state index in [1.807, 2.05) is 35.0 Å². The Morgan fingerprint density at radius 1 is 1.33 bits per heavy atom. The zero-order valence-corrected chi connectivity index (χ0v) is 11.4. The number of halogens is 1. The molecule has 1 aromatic carbocycles. The van der Waals surface area contributed by atoms with E-state index < -0.39 is 0 Å². The fraction of sp³-hybridized carbons (Fsp3) is 0.308. The molecule has 2 aromatic rings. The van der Waals surface area contributed by atoms with Crippen molar-refractivity contribution in [2.75, 3.05) is 6.54 Å². The van der Waals surface area contributed by atoms with E-state index in [2.05, 4.69) is 26.3 Å². The third-order valence-electron chi connectivity index (χ3n) is 3.00. The lowest BCUT2D eigenvalue weighted by Gasteiger charge is -2.12. The first-order valence-electron chi connectivity index (χ1n) is 6.04. The van der Waals surface area contributed by atoms with Crippen LogP contribution < -0.4 is 10.1 Å². The Balaban J connectivity index is 1.81. The molecule has 94 valence electrons. The predicted molar refractivity (Wildman–Crippen MR) is 72.7 cm³/mol. The molecule has 3 rings (SSSR count). The number of nitrogens with one attached hydrogen (secondary N) is 1. The fourth-order valence-corrected chi connectivity index (χ4v) is 2.63.